The Bertz CT molecular complexity index is 1260. The van der Waals surface area contributed by atoms with Crippen LogP contribution in [-0.4, -0.2) is 53.1 Å². The molecule has 0 atom stereocenters. The quantitative estimate of drug-likeness (QED) is 0.555. The molecular formula is C24H23ClFN5O2. The first-order chi connectivity index (χ1) is 16.0. The van der Waals surface area contributed by atoms with Crippen molar-refractivity contribution in [3.05, 3.63) is 60.2 Å². The lowest BCUT2D eigenvalue weighted by molar-refractivity contribution is -0.129. The maximum atomic E-state index is 14.5. The van der Waals surface area contributed by atoms with Crippen molar-refractivity contribution < 1.29 is 13.9 Å². The molecule has 1 aliphatic carbocycles. The van der Waals surface area contributed by atoms with Gasteiger partial charge >= 0.3 is 0 Å². The minimum atomic E-state index is -0.543. The Morgan fingerprint density at radius 2 is 2.12 bits per heavy atom. The standard InChI is InChI=1S/C24H23ClFN5O2/c1-3-21(32)31-10-9-30(13-24(31)7-8-24)19-11-15-18(12-20(19)33-2)27-14-28-23(15)29-17-6-4-5-16(25)22(17)26/h3-6,11-12,14H,1,7-10,13H2,2H3,(H,27,28,29). The molecule has 0 bridgehead atoms. The lowest BCUT2D eigenvalue weighted by atomic mass is 10.1. The van der Waals surface area contributed by atoms with Crippen LogP contribution in [0, 0.1) is 5.82 Å². The summed E-state index contributed by atoms with van der Waals surface area (Å²) < 4.78 is 20.2. The van der Waals surface area contributed by atoms with Gasteiger partial charge in [-0.1, -0.05) is 24.2 Å². The number of rotatable bonds is 5. The Morgan fingerprint density at radius 1 is 1.30 bits per heavy atom. The smallest absolute Gasteiger partial charge is 0.246 e. The average molecular weight is 468 g/mol. The molecule has 33 heavy (non-hydrogen) atoms. The van der Waals surface area contributed by atoms with Gasteiger partial charge in [0, 0.05) is 31.1 Å². The molecule has 3 aromatic rings. The Labute approximate surface area is 195 Å². The number of methoxy groups -OCH3 is 1. The molecule has 1 aromatic heterocycles. The number of halogens is 2. The molecule has 2 aromatic carbocycles. The molecule has 1 amide bonds. The normalized spacial score (nSPS) is 16.7. The molecule has 1 saturated heterocycles. The fourth-order valence-corrected chi connectivity index (χ4v) is 4.69. The van der Waals surface area contributed by atoms with Crippen LogP contribution < -0.4 is 15.0 Å². The molecule has 5 rings (SSSR count). The summed E-state index contributed by atoms with van der Waals surface area (Å²) in [6.07, 6.45) is 4.73. The fourth-order valence-electron chi connectivity index (χ4n) is 4.52. The highest BCUT2D eigenvalue weighted by Crippen LogP contribution is 2.47. The highest BCUT2D eigenvalue weighted by atomic mass is 35.5. The maximum absolute atomic E-state index is 14.5. The molecule has 1 aliphatic heterocycles. The maximum Gasteiger partial charge on any atom is 0.246 e. The molecule has 2 aliphatic rings. The lowest BCUT2D eigenvalue weighted by Crippen LogP contribution is -2.56. The number of anilines is 3. The molecule has 1 N–H and O–H groups in total. The topological polar surface area (TPSA) is 70.6 Å². The SMILES string of the molecule is C=CC(=O)N1CCN(c2cc3c(Nc4cccc(Cl)c4F)ncnc3cc2OC)CC12CC2. The van der Waals surface area contributed by atoms with Gasteiger partial charge in [-0.2, -0.15) is 0 Å². The molecule has 0 unspecified atom stereocenters. The van der Waals surface area contributed by atoms with Crippen LogP contribution in [0.3, 0.4) is 0 Å². The highest BCUT2D eigenvalue weighted by molar-refractivity contribution is 6.31. The molecule has 7 nitrogen and oxygen atoms in total. The van der Waals surface area contributed by atoms with E-state index in [0.29, 0.717) is 36.7 Å². The molecule has 1 spiro atoms. The Hall–Kier alpha value is -3.39. The third-order valence-corrected chi connectivity index (χ3v) is 6.69. The molecular weight excluding hydrogens is 445 g/mol. The van der Waals surface area contributed by atoms with E-state index in [2.05, 4.69) is 26.8 Å². The second-order valence-electron chi connectivity index (χ2n) is 8.33. The number of aromatic nitrogens is 2. The summed E-state index contributed by atoms with van der Waals surface area (Å²) in [7, 11) is 1.62. The number of nitrogens with one attached hydrogen (secondary N) is 1. The summed E-state index contributed by atoms with van der Waals surface area (Å²) in [5.41, 5.74) is 1.61. The van der Waals surface area contributed by atoms with E-state index in [-0.39, 0.29) is 22.2 Å². The third kappa shape index (κ3) is 3.74. The van der Waals surface area contributed by atoms with Gasteiger partial charge in [-0.05, 0) is 37.1 Å². The number of piperazine rings is 1. The highest BCUT2D eigenvalue weighted by Gasteiger charge is 2.53. The first-order valence-electron chi connectivity index (χ1n) is 10.7. The van der Waals surface area contributed by atoms with E-state index < -0.39 is 5.82 Å². The predicted octanol–water partition coefficient (Wildman–Crippen LogP) is 4.54. The summed E-state index contributed by atoms with van der Waals surface area (Å²) in [5.74, 6) is 0.575. The van der Waals surface area contributed by atoms with E-state index in [1.807, 2.05) is 17.0 Å². The van der Waals surface area contributed by atoms with Gasteiger partial charge in [0.25, 0.3) is 0 Å². The van der Waals surface area contributed by atoms with Crippen LogP contribution in [0.15, 0.2) is 49.3 Å². The van der Waals surface area contributed by atoms with E-state index in [4.69, 9.17) is 16.3 Å². The zero-order valence-corrected chi connectivity index (χ0v) is 18.9. The zero-order chi connectivity index (χ0) is 23.2. The van der Waals surface area contributed by atoms with Gasteiger partial charge in [-0.25, -0.2) is 14.4 Å². The number of benzene rings is 2. The van der Waals surface area contributed by atoms with E-state index in [1.165, 1.54) is 18.5 Å². The van der Waals surface area contributed by atoms with Crippen molar-refractivity contribution in [2.24, 2.45) is 0 Å². The van der Waals surface area contributed by atoms with Crippen molar-refractivity contribution in [1.29, 1.82) is 0 Å². The number of carbonyl (C=O) groups is 1. The minimum Gasteiger partial charge on any atom is -0.495 e. The average Bonchev–Trinajstić information content (AvgIpc) is 3.59. The van der Waals surface area contributed by atoms with Crippen molar-refractivity contribution >= 4 is 45.6 Å². The zero-order valence-electron chi connectivity index (χ0n) is 18.1. The Kier molecular flexibility index (Phi) is 5.32. The van der Waals surface area contributed by atoms with Crippen LogP contribution in [0.4, 0.5) is 21.6 Å². The number of carbonyl (C=O) groups excluding carboxylic acids is 1. The van der Waals surface area contributed by atoms with Crippen molar-refractivity contribution in [3.63, 3.8) is 0 Å². The van der Waals surface area contributed by atoms with Crippen molar-refractivity contribution in [3.8, 4) is 5.75 Å². The fraction of sp³-hybridized carbons (Fsp3) is 0.292. The third-order valence-electron chi connectivity index (χ3n) is 6.40. The molecule has 170 valence electrons. The summed E-state index contributed by atoms with van der Waals surface area (Å²) >= 11 is 5.94. The van der Waals surface area contributed by atoms with Gasteiger partial charge in [-0.15, -0.1) is 0 Å². The molecule has 2 fully saturated rings. The van der Waals surface area contributed by atoms with Crippen molar-refractivity contribution in [1.82, 2.24) is 14.9 Å². The number of hydrogen-bond donors (Lipinski definition) is 1. The van der Waals surface area contributed by atoms with Crippen LogP contribution in [0.5, 0.6) is 5.75 Å². The minimum absolute atomic E-state index is 0.0268. The van der Waals surface area contributed by atoms with E-state index in [0.717, 1.165) is 23.9 Å². The summed E-state index contributed by atoms with van der Waals surface area (Å²) in [6, 6.07) is 8.58. The van der Waals surface area contributed by atoms with Gasteiger partial charge < -0.3 is 19.9 Å². The summed E-state index contributed by atoms with van der Waals surface area (Å²) in [6.45, 7) is 5.61. The molecule has 1 saturated carbocycles. The first-order valence-corrected chi connectivity index (χ1v) is 11.1. The Balaban J connectivity index is 1.53. The number of amides is 1. The van der Waals surface area contributed by atoms with Gasteiger partial charge in [0.1, 0.15) is 17.9 Å². The van der Waals surface area contributed by atoms with Crippen LogP contribution in [-0.2, 0) is 4.79 Å². The van der Waals surface area contributed by atoms with E-state index in [9.17, 15) is 9.18 Å². The van der Waals surface area contributed by atoms with Gasteiger partial charge in [0.05, 0.1) is 34.6 Å². The number of fused-ring (bicyclic) bond motifs is 1. The second-order valence-corrected chi connectivity index (χ2v) is 8.74. The van der Waals surface area contributed by atoms with Crippen LogP contribution in [0.2, 0.25) is 5.02 Å². The predicted molar refractivity (Wildman–Crippen MR) is 127 cm³/mol. The van der Waals surface area contributed by atoms with Crippen LogP contribution >= 0.6 is 11.6 Å². The van der Waals surface area contributed by atoms with Gasteiger partial charge in [0.15, 0.2) is 5.82 Å². The second kappa shape index (κ2) is 8.19. The van der Waals surface area contributed by atoms with Gasteiger partial charge in [0.2, 0.25) is 5.91 Å². The molecule has 9 heteroatoms. The summed E-state index contributed by atoms with van der Waals surface area (Å²) in [4.78, 5) is 25.2. The van der Waals surface area contributed by atoms with Crippen molar-refractivity contribution in [2.75, 3.05) is 37.0 Å². The van der Waals surface area contributed by atoms with E-state index >= 15 is 0 Å². The van der Waals surface area contributed by atoms with Crippen molar-refractivity contribution in [2.45, 2.75) is 18.4 Å². The largest absolute Gasteiger partial charge is 0.495 e. The number of nitrogens with zero attached hydrogens (tertiary/aromatic N) is 4. The van der Waals surface area contributed by atoms with Gasteiger partial charge in [-0.3, -0.25) is 4.79 Å². The molecule has 2 heterocycles. The first kappa shape index (κ1) is 21.5. The van der Waals surface area contributed by atoms with E-state index in [1.54, 1.807) is 19.2 Å². The summed E-state index contributed by atoms with van der Waals surface area (Å²) in [5, 5.41) is 3.80. The number of hydrogen-bond acceptors (Lipinski definition) is 6. The lowest BCUT2D eigenvalue weighted by Gasteiger charge is -2.43. The van der Waals surface area contributed by atoms with Crippen LogP contribution in [0.25, 0.3) is 10.9 Å². The number of ether oxygens (including phenoxy) is 1. The monoisotopic (exact) mass is 467 g/mol. The van der Waals surface area contributed by atoms with Crippen LogP contribution in [0.1, 0.15) is 12.8 Å². The molecule has 0 radical (unpaired) electrons. The Morgan fingerprint density at radius 3 is 2.85 bits per heavy atom.